The molecule has 2 rings (SSSR count). The standard InChI is InChI=1S/C14H10N2O6.2Li/c15-11(17)7-5-3-1-2-4-6(5)8(13(19)20)10(14(21)22)9(7)12(16)18;;/h1-4H,(H2,15,17)(H2,16,18)(H,19,20)(H,21,22);;/q;2*+1/p-2. The van der Waals surface area contributed by atoms with Gasteiger partial charge in [0.15, 0.2) is 0 Å². The Balaban J connectivity index is 0.00000264. The molecule has 0 spiro atoms. The number of carboxylic acid groups (broad SMARTS) is 2. The molecule has 0 aliphatic carbocycles. The molecule has 0 atom stereocenters. The maximum absolute atomic E-state index is 11.6. The molecule has 10 heteroatoms. The van der Waals surface area contributed by atoms with Crippen molar-refractivity contribution in [3.63, 3.8) is 0 Å². The van der Waals surface area contributed by atoms with Crippen molar-refractivity contribution in [2.45, 2.75) is 0 Å². The molecule has 0 aliphatic rings. The number of carbonyl (C=O) groups is 4. The Morgan fingerprint density at radius 3 is 1.38 bits per heavy atom. The number of benzene rings is 2. The fourth-order valence-electron chi connectivity index (χ4n) is 2.36. The maximum atomic E-state index is 11.6. The predicted molar refractivity (Wildman–Crippen MR) is 69.6 cm³/mol. The van der Waals surface area contributed by atoms with Gasteiger partial charge in [0.1, 0.15) is 0 Å². The monoisotopic (exact) mass is 314 g/mol. The van der Waals surface area contributed by atoms with Gasteiger partial charge in [-0.3, -0.25) is 9.59 Å². The van der Waals surface area contributed by atoms with E-state index in [1.807, 2.05) is 0 Å². The number of amides is 2. The van der Waals surface area contributed by atoms with E-state index in [1.165, 1.54) is 24.3 Å². The van der Waals surface area contributed by atoms with Crippen LogP contribution in [-0.2, 0) is 0 Å². The average Bonchev–Trinajstić information content (AvgIpc) is 2.43. The Kier molecular flexibility index (Phi) is 7.30. The van der Waals surface area contributed by atoms with Gasteiger partial charge >= 0.3 is 37.7 Å². The quantitative estimate of drug-likeness (QED) is 0.531. The van der Waals surface area contributed by atoms with Crippen molar-refractivity contribution in [2.75, 3.05) is 0 Å². The normalized spacial score (nSPS) is 9.50. The molecule has 0 saturated carbocycles. The summed E-state index contributed by atoms with van der Waals surface area (Å²) in [7, 11) is 0. The number of nitrogens with two attached hydrogens (primary N) is 2. The molecule has 2 aromatic rings. The van der Waals surface area contributed by atoms with Crippen LogP contribution in [-0.4, -0.2) is 23.8 Å². The summed E-state index contributed by atoms with van der Waals surface area (Å²) in [5.41, 5.74) is 7.17. The zero-order valence-electron chi connectivity index (χ0n) is 12.9. The van der Waals surface area contributed by atoms with Gasteiger partial charge in [-0.25, -0.2) is 0 Å². The number of hydrogen-bond acceptors (Lipinski definition) is 6. The second kappa shape index (κ2) is 8.05. The molecule has 24 heavy (non-hydrogen) atoms. The Hall–Kier alpha value is -2.23. The van der Waals surface area contributed by atoms with Crippen LogP contribution in [0, 0.1) is 0 Å². The molecule has 0 fully saturated rings. The van der Waals surface area contributed by atoms with Crippen LogP contribution in [0.25, 0.3) is 10.8 Å². The SMILES string of the molecule is NC(=O)c1c(C(=O)[O-])c(C(=O)[O-])c2ccccc2c1C(N)=O.[Li+].[Li+]. The summed E-state index contributed by atoms with van der Waals surface area (Å²) in [6, 6.07) is 5.44. The summed E-state index contributed by atoms with van der Waals surface area (Å²) < 4.78 is 0. The van der Waals surface area contributed by atoms with Crippen LogP contribution in [0.5, 0.6) is 0 Å². The molecule has 0 aliphatic heterocycles. The van der Waals surface area contributed by atoms with Crippen LogP contribution >= 0.6 is 0 Å². The minimum absolute atomic E-state index is 0. The van der Waals surface area contributed by atoms with Crippen molar-refractivity contribution >= 4 is 34.5 Å². The van der Waals surface area contributed by atoms with Crippen LogP contribution in [0.15, 0.2) is 24.3 Å². The summed E-state index contributed by atoms with van der Waals surface area (Å²) in [5, 5.41) is 22.5. The van der Waals surface area contributed by atoms with E-state index in [0.717, 1.165) is 0 Å². The van der Waals surface area contributed by atoms with E-state index in [1.54, 1.807) is 0 Å². The third-order valence-corrected chi connectivity index (χ3v) is 3.12. The number of primary amides is 2. The minimum atomic E-state index is -1.98. The van der Waals surface area contributed by atoms with Crippen LogP contribution in [0.1, 0.15) is 41.4 Å². The molecular formula is C14H8Li2N2O6. The maximum Gasteiger partial charge on any atom is 1.00 e. The summed E-state index contributed by atoms with van der Waals surface area (Å²) in [4.78, 5) is 45.8. The first kappa shape index (κ1) is 21.8. The molecule has 4 N–H and O–H groups in total. The first-order chi connectivity index (χ1) is 10.3. The number of carboxylic acids is 2. The van der Waals surface area contributed by atoms with Gasteiger partial charge in [0, 0.05) is 11.1 Å². The Morgan fingerprint density at radius 1 is 0.667 bits per heavy atom. The third kappa shape index (κ3) is 3.48. The van der Waals surface area contributed by atoms with Gasteiger partial charge < -0.3 is 31.3 Å². The van der Waals surface area contributed by atoms with E-state index < -0.39 is 46.0 Å². The number of rotatable bonds is 4. The second-order valence-corrected chi connectivity index (χ2v) is 4.35. The van der Waals surface area contributed by atoms with E-state index in [2.05, 4.69) is 0 Å². The molecule has 112 valence electrons. The van der Waals surface area contributed by atoms with Crippen molar-refractivity contribution in [1.29, 1.82) is 0 Å². The number of hydrogen-bond donors (Lipinski definition) is 2. The summed E-state index contributed by atoms with van der Waals surface area (Å²) in [6.45, 7) is 0. The average molecular weight is 314 g/mol. The van der Waals surface area contributed by atoms with Gasteiger partial charge in [0.2, 0.25) is 11.8 Å². The van der Waals surface area contributed by atoms with Gasteiger partial charge in [0.25, 0.3) is 0 Å². The van der Waals surface area contributed by atoms with Gasteiger partial charge in [-0.15, -0.1) is 0 Å². The van der Waals surface area contributed by atoms with Gasteiger partial charge in [-0.05, 0) is 10.8 Å². The smallest absolute Gasteiger partial charge is 0.545 e. The molecule has 0 saturated heterocycles. The minimum Gasteiger partial charge on any atom is -0.545 e. The Labute approximate surface area is 159 Å². The Morgan fingerprint density at radius 2 is 1.04 bits per heavy atom. The third-order valence-electron chi connectivity index (χ3n) is 3.12. The fourth-order valence-corrected chi connectivity index (χ4v) is 2.36. The van der Waals surface area contributed by atoms with E-state index in [0.29, 0.717) is 0 Å². The zero-order valence-corrected chi connectivity index (χ0v) is 12.9. The van der Waals surface area contributed by atoms with E-state index in [4.69, 9.17) is 11.5 Å². The van der Waals surface area contributed by atoms with Crippen LogP contribution in [0.3, 0.4) is 0 Å². The largest absolute Gasteiger partial charge is 1.00 e. The van der Waals surface area contributed by atoms with Crippen molar-refractivity contribution in [3.05, 3.63) is 46.5 Å². The number of carbonyl (C=O) groups excluding carboxylic acids is 4. The molecule has 0 bridgehead atoms. The van der Waals surface area contributed by atoms with Crippen molar-refractivity contribution < 1.29 is 67.1 Å². The van der Waals surface area contributed by atoms with Crippen molar-refractivity contribution in [3.8, 4) is 0 Å². The van der Waals surface area contributed by atoms with Crippen LogP contribution in [0.4, 0.5) is 0 Å². The summed E-state index contributed by atoms with van der Waals surface area (Å²) in [6.07, 6.45) is 0. The molecule has 0 radical (unpaired) electrons. The predicted octanol–water partition coefficient (Wildman–Crippen LogP) is -8.23. The van der Waals surface area contributed by atoms with Crippen molar-refractivity contribution in [2.24, 2.45) is 11.5 Å². The van der Waals surface area contributed by atoms with Gasteiger partial charge in [0.05, 0.1) is 23.1 Å². The fraction of sp³-hybridized carbons (Fsp3) is 0. The molecule has 8 nitrogen and oxygen atoms in total. The topological polar surface area (TPSA) is 166 Å². The second-order valence-electron chi connectivity index (χ2n) is 4.35. The first-order valence-corrected chi connectivity index (χ1v) is 5.88. The summed E-state index contributed by atoms with van der Waals surface area (Å²) >= 11 is 0. The van der Waals surface area contributed by atoms with Crippen LogP contribution < -0.4 is 59.4 Å². The van der Waals surface area contributed by atoms with Gasteiger partial charge in [-0.1, -0.05) is 24.3 Å². The Bertz CT molecular complexity index is 795. The summed E-state index contributed by atoms with van der Waals surface area (Å²) in [5.74, 6) is -6.28. The van der Waals surface area contributed by atoms with E-state index in [-0.39, 0.29) is 48.5 Å². The van der Waals surface area contributed by atoms with Gasteiger partial charge in [-0.2, -0.15) is 0 Å². The number of aromatic carboxylic acids is 2. The molecule has 2 amide bonds. The number of fused-ring (bicyclic) bond motifs is 1. The van der Waals surface area contributed by atoms with E-state index in [9.17, 15) is 29.4 Å². The zero-order chi connectivity index (χ0) is 16.6. The molecular weight excluding hydrogens is 306 g/mol. The molecule has 0 aromatic heterocycles. The van der Waals surface area contributed by atoms with Crippen LogP contribution in [0.2, 0.25) is 0 Å². The molecule has 0 unspecified atom stereocenters. The molecule has 2 aromatic carbocycles. The first-order valence-electron chi connectivity index (χ1n) is 5.88. The van der Waals surface area contributed by atoms with Crippen molar-refractivity contribution in [1.82, 2.24) is 0 Å². The molecule has 0 heterocycles. The van der Waals surface area contributed by atoms with E-state index >= 15 is 0 Å².